The molecule has 1 N–H and O–H groups in total. The van der Waals surface area contributed by atoms with E-state index in [0.717, 1.165) is 0 Å². The number of ether oxygens (including phenoxy) is 1. The van der Waals surface area contributed by atoms with Crippen LogP contribution in [0.25, 0.3) is 11.3 Å². The zero-order valence-electron chi connectivity index (χ0n) is 14.8. The molecule has 0 aliphatic heterocycles. The van der Waals surface area contributed by atoms with Crippen LogP contribution in [0.15, 0.2) is 65.1 Å². The third-order valence-corrected chi connectivity index (χ3v) is 3.94. The number of amides is 1. The van der Waals surface area contributed by atoms with Crippen molar-refractivity contribution in [3.8, 4) is 11.3 Å². The fourth-order valence-electron chi connectivity index (χ4n) is 2.51. The highest BCUT2D eigenvalue weighted by molar-refractivity contribution is 5.89. The lowest BCUT2D eigenvalue weighted by molar-refractivity contribution is -0.124. The summed E-state index contributed by atoms with van der Waals surface area (Å²) < 4.78 is 36.7. The van der Waals surface area contributed by atoms with E-state index in [2.05, 4.69) is 5.32 Å². The van der Waals surface area contributed by atoms with Gasteiger partial charge in [0.1, 0.15) is 17.4 Å². The number of hydrogen-bond donors (Lipinski definition) is 1. The Morgan fingerprint density at radius 2 is 1.71 bits per heavy atom. The van der Waals surface area contributed by atoms with Crippen molar-refractivity contribution in [3.63, 3.8) is 0 Å². The average molecular weight is 385 g/mol. The van der Waals surface area contributed by atoms with Gasteiger partial charge in [0, 0.05) is 12.1 Å². The summed E-state index contributed by atoms with van der Waals surface area (Å²) in [4.78, 5) is 23.7. The number of esters is 1. The van der Waals surface area contributed by atoms with Gasteiger partial charge < -0.3 is 14.5 Å². The van der Waals surface area contributed by atoms with Gasteiger partial charge in [0.05, 0.1) is 0 Å². The van der Waals surface area contributed by atoms with Crippen molar-refractivity contribution >= 4 is 11.9 Å². The molecule has 2 aromatic carbocycles. The second kappa shape index (κ2) is 8.94. The van der Waals surface area contributed by atoms with Crippen LogP contribution < -0.4 is 5.32 Å². The molecule has 0 atom stereocenters. The fourth-order valence-corrected chi connectivity index (χ4v) is 2.51. The Morgan fingerprint density at radius 1 is 0.964 bits per heavy atom. The first-order chi connectivity index (χ1) is 13.5. The van der Waals surface area contributed by atoms with Crippen molar-refractivity contribution in [2.24, 2.45) is 0 Å². The maximum atomic E-state index is 13.5. The van der Waals surface area contributed by atoms with Gasteiger partial charge in [-0.05, 0) is 54.4 Å². The number of nitrogens with one attached hydrogen (secondary N) is 1. The normalized spacial score (nSPS) is 10.5. The molecule has 0 unspecified atom stereocenters. The van der Waals surface area contributed by atoms with Gasteiger partial charge in [0.15, 0.2) is 6.61 Å². The van der Waals surface area contributed by atoms with Gasteiger partial charge in [0.25, 0.3) is 5.91 Å². The lowest BCUT2D eigenvalue weighted by atomic mass is 10.1. The molecule has 7 heteroatoms. The Kier molecular flexibility index (Phi) is 6.16. The summed E-state index contributed by atoms with van der Waals surface area (Å²) in [6.07, 6.45) is 0.325. The van der Waals surface area contributed by atoms with E-state index in [1.807, 2.05) is 0 Å². The molecule has 5 nitrogen and oxygen atoms in total. The number of carbonyl (C=O) groups excluding carboxylic acids is 2. The van der Waals surface area contributed by atoms with Gasteiger partial charge in [-0.3, -0.25) is 4.79 Å². The Hall–Kier alpha value is -3.48. The molecular weight excluding hydrogens is 368 g/mol. The van der Waals surface area contributed by atoms with Crippen LogP contribution in [0.5, 0.6) is 0 Å². The van der Waals surface area contributed by atoms with Gasteiger partial charge in [-0.1, -0.05) is 18.2 Å². The zero-order chi connectivity index (χ0) is 19.9. The van der Waals surface area contributed by atoms with Crippen molar-refractivity contribution in [3.05, 3.63) is 83.6 Å². The van der Waals surface area contributed by atoms with Crippen LogP contribution in [0.4, 0.5) is 8.78 Å². The van der Waals surface area contributed by atoms with E-state index in [0.29, 0.717) is 23.3 Å². The van der Waals surface area contributed by atoms with E-state index in [-0.39, 0.29) is 23.9 Å². The number of furan rings is 1. The topological polar surface area (TPSA) is 68.5 Å². The molecular formula is C21H17F2NO4. The first-order valence-electron chi connectivity index (χ1n) is 8.56. The second-order valence-corrected chi connectivity index (χ2v) is 5.94. The zero-order valence-corrected chi connectivity index (χ0v) is 14.8. The monoisotopic (exact) mass is 385 g/mol. The maximum absolute atomic E-state index is 13.5. The summed E-state index contributed by atoms with van der Waals surface area (Å²) in [5.74, 6) is -1.71. The number of carbonyl (C=O) groups is 2. The minimum Gasteiger partial charge on any atom is -0.450 e. The van der Waals surface area contributed by atoms with Crippen LogP contribution in [-0.4, -0.2) is 25.0 Å². The smallest absolute Gasteiger partial charge is 0.374 e. The van der Waals surface area contributed by atoms with Gasteiger partial charge in [0.2, 0.25) is 5.76 Å². The van der Waals surface area contributed by atoms with E-state index >= 15 is 0 Å². The Morgan fingerprint density at radius 3 is 2.46 bits per heavy atom. The molecule has 0 saturated carbocycles. The number of halogens is 2. The van der Waals surface area contributed by atoms with Crippen LogP contribution >= 0.6 is 0 Å². The molecule has 1 aromatic heterocycles. The molecule has 0 saturated heterocycles. The van der Waals surface area contributed by atoms with Gasteiger partial charge >= 0.3 is 5.97 Å². The van der Waals surface area contributed by atoms with Crippen LogP contribution in [0.1, 0.15) is 16.1 Å². The Bertz CT molecular complexity index is 967. The lowest BCUT2D eigenvalue weighted by Gasteiger charge is -2.06. The first-order valence-corrected chi connectivity index (χ1v) is 8.56. The van der Waals surface area contributed by atoms with Crippen molar-refractivity contribution in [1.29, 1.82) is 0 Å². The molecule has 28 heavy (non-hydrogen) atoms. The summed E-state index contributed by atoms with van der Waals surface area (Å²) >= 11 is 0. The van der Waals surface area contributed by atoms with Crippen molar-refractivity contribution in [2.45, 2.75) is 6.42 Å². The highest BCUT2D eigenvalue weighted by Crippen LogP contribution is 2.22. The summed E-state index contributed by atoms with van der Waals surface area (Å²) in [5.41, 5.74) is 1.09. The molecule has 3 rings (SSSR count). The molecule has 0 aliphatic carbocycles. The van der Waals surface area contributed by atoms with Gasteiger partial charge in [-0.25, -0.2) is 13.6 Å². The highest BCUT2D eigenvalue weighted by atomic mass is 19.1. The molecule has 0 bridgehead atoms. The van der Waals surface area contributed by atoms with Crippen molar-refractivity contribution in [1.82, 2.24) is 5.32 Å². The quantitative estimate of drug-likeness (QED) is 0.629. The van der Waals surface area contributed by atoms with E-state index in [4.69, 9.17) is 9.15 Å². The minimum absolute atomic E-state index is 0.0709. The maximum Gasteiger partial charge on any atom is 0.374 e. The van der Waals surface area contributed by atoms with E-state index in [1.54, 1.807) is 24.3 Å². The van der Waals surface area contributed by atoms with Crippen LogP contribution in [-0.2, 0) is 16.0 Å². The predicted octanol–water partition coefficient (Wildman–Crippen LogP) is 3.74. The second-order valence-electron chi connectivity index (χ2n) is 5.94. The molecule has 0 radical (unpaired) electrons. The van der Waals surface area contributed by atoms with Gasteiger partial charge in [-0.2, -0.15) is 0 Å². The van der Waals surface area contributed by atoms with E-state index < -0.39 is 18.5 Å². The molecule has 0 spiro atoms. The van der Waals surface area contributed by atoms with E-state index in [1.165, 1.54) is 36.4 Å². The summed E-state index contributed by atoms with van der Waals surface area (Å²) in [6, 6.07) is 14.9. The summed E-state index contributed by atoms with van der Waals surface area (Å²) in [7, 11) is 0. The molecule has 0 aliphatic rings. The van der Waals surface area contributed by atoms with Crippen molar-refractivity contribution < 1.29 is 27.5 Å². The summed E-state index contributed by atoms with van der Waals surface area (Å²) in [6.45, 7) is -0.268. The largest absolute Gasteiger partial charge is 0.450 e. The molecule has 3 aromatic rings. The third kappa shape index (κ3) is 5.03. The molecule has 0 fully saturated rings. The standard InChI is InChI=1S/C21H17F2NO4/c22-16-7-5-15(6-8-16)18-9-10-19(28-18)21(26)27-13-20(25)24-12-11-14-3-1-2-4-17(14)23/h1-10H,11-13H2,(H,24,25). The van der Waals surface area contributed by atoms with Crippen molar-refractivity contribution in [2.75, 3.05) is 13.2 Å². The predicted molar refractivity (Wildman–Crippen MR) is 97.5 cm³/mol. The Labute approximate surface area is 159 Å². The highest BCUT2D eigenvalue weighted by Gasteiger charge is 2.15. The molecule has 1 amide bonds. The lowest BCUT2D eigenvalue weighted by Crippen LogP contribution is -2.30. The number of benzene rings is 2. The average Bonchev–Trinajstić information content (AvgIpc) is 3.18. The van der Waals surface area contributed by atoms with Crippen LogP contribution in [0, 0.1) is 11.6 Å². The Balaban J connectivity index is 1.45. The van der Waals surface area contributed by atoms with Crippen LogP contribution in [0.3, 0.4) is 0 Å². The first kappa shape index (κ1) is 19.3. The molecule has 144 valence electrons. The third-order valence-electron chi connectivity index (χ3n) is 3.94. The van der Waals surface area contributed by atoms with Crippen LogP contribution in [0.2, 0.25) is 0 Å². The minimum atomic E-state index is -0.794. The summed E-state index contributed by atoms with van der Waals surface area (Å²) in [5, 5.41) is 2.55. The number of rotatable bonds is 7. The van der Waals surface area contributed by atoms with E-state index in [9.17, 15) is 18.4 Å². The molecule has 1 heterocycles. The SMILES string of the molecule is O=C(COC(=O)c1ccc(-c2ccc(F)cc2)o1)NCCc1ccccc1F. The number of hydrogen-bond acceptors (Lipinski definition) is 4. The van der Waals surface area contributed by atoms with Gasteiger partial charge in [-0.15, -0.1) is 0 Å². The fraction of sp³-hybridized carbons (Fsp3) is 0.143.